The summed E-state index contributed by atoms with van der Waals surface area (Å²) in [5.41, 5.74) is 1.94. The number of rotatable bonds is 11. The van der Waals surface area contributed by atoms with Crippen LogP contribution in [0.25, 0.3) is 0 Å². The third kappa shape index (κ3) is 7.77. The minimum atomic E-state index is -0.830. The summed E-state index contributed by atoms with van der Waals surface area (Å²) in [5, 5.41) is 16.4. The van der Waals surface area contributed by atoms with Crippen molar-refractivity contribution in [2.45, 2.75) is 104 Å². The van der Waals surface area contributed by atoms with Gasteiger partial charge in [-0.25, -0.2) is 4.39 Å². The van der Waals surface area contributed by atoms with Crippen molar-refractivity contribution >= 4 is 17.5 Å². The Morgan fingerprint density at radius 2 is 1.87 bits per heavy atom. The van der Waals surface area contributed by atoms with E-state index in [-0.39, 0.29) is 47.2 Å². The number of benzene rings is 2. The average Bonchev–Trinajstić information content (AvgIpc) is 3.63. The molecule has 1 fully saturated rings. The van der Waals surface area contributed by atoms with Gasteiger partial charge in [0.15, 0.2) is 5.82 Å². The summed E-state index contributed by atoms with van der Waals surface area (Å²) >= 11 is 0. The van der Waals surface area contributed by atoms with Gasteiger partial charge in [0.2, 0.25) is 0 Å². The summed E-state index contributed by atoms with van der Waals surface area (Å²) in [6.07, 6.45) is 4.35. The molecule has 2 aliphatic rings. The quantitative estimate of drug-likeness (QED) is 0.224. The predicted molar refractivity (Wildman–Crippen MR) is 178 cm³/mol. The van der Waals surface area contributed by atoms with Crippen LogP contribution in [-0.4, -0.2) is 54.8 Å². The first-order valence-corrected chi connectivity index (χ1v) is 16.4. The van der Waals surface area contributed by atoms with E-state index >= 15 is 4.39 Å². The standard InChI is InChI=1S/C36H46FN7O3/c1-22(2)24-14-18-36(19-15-24)39-32(28-20-27(47-23(3)4)12-13-29(28)37)34(46)44(36)30(16-17-35(5,6)7)25-8-10-26(11-9-25)33(45)38-21-31-40-42-43-41-31/h8-13,20,23-24,30H,1,14-19,21H2,2-7H3,(H,38,45)(H,40,41,42,43)/t24?,30-,36?/m1/s1. The van der Waals surface area contributed by atoms with Gasteiger partial charge in [0, 0.05) is 11.1 Å². The molecule has 1 aliphatic carbocycles. The lowest BCUT2D eigenvalue weighted by molar-refractivity contribution is -0.133. The lowest BCUT2D eigenvalue weighted by atomic mass is 9.77. The molecule has 1 aromatic heterocycles. The molecule has 0 unspecified atom stereocenters. The highest BCUT2D eigenvalue weighted by atomic mass is 19.1. The summed E-state index contributed by atoms with van der Waals surface area (Å²) in [6.45, 7) is 16.7. The minimum absolute atomic E-state index is 0.000902. The predicted octanol–water partition coefficient (Wildman–Crippen LogP) is 6.72. The molecule has 10 nitrogen and oxygen atoms in total. The zero-order valence-corrected chi connectivity index (χ0v) is 28.3. The Labute approximate surface area is 276 Å². The Morgan fingerprint density at radius 1 is 1.17 bits per heavy atom. The van der Waals surface area contributed by atoms with Crippen LogP contribution in [0.2, 0.25) is 0 Å². The molecular weight excluding hydrogens is 597 g/mol. The normalized spacial score (nSPS) is 20.4. The first kappa shape index (κ1) is 33.9. The Morgan fingerprint density at radius 3 is 2.47 bits per heavy atom. The number of tetrazole rings is 1. The summed E-state index contributed by atoms with van der Waals surface area (Å²) in [4.78, 5) is 34.7. The molecule has 2 aromatic carbocycles. The molecule has 2 N–H and O–H groups in total. The number of ether oxygens (including phenoxy) is 1. The van der Waals surface area contributed by atoms with Crippen molar-refractivity contribution in [3.8, 4) is 5.75 Å². The van der Waals surface area contributed by atoms with E-state index in [1.54, 1.807) is 24.3 Å². The second-order valence-corrected chi connectivity index (χ2v) is 14.3. The van der Waals surface area contributed by atoms with Crippen LogP contribution in [0.1, 0.15) is 113 Å². The highest BCUT2D eigenvalue weighted by Gasteiger charge is 2.52. The fourth-order valence-corrected chi connectivity index (χ4v) is 6.57. The zero-order valence-electron chi connectivity index (χ0n) is 28.3. The van der Waals surface area contributed by atoms with Crippen LogP contribution in [0.15, 0.2) is 59.6 Å². The van der Waals surface area contributed by atoms with Gasteiger partial charge in [0.25, 0.3) is 11.8 Å². The number of nitrogens with zero attached hydrogens (tertiary/aromatic N) is 5. The summed E-state index contributed by atoms with van der Waals surface area (Å²) in [6, 6.07) is 11.5. The summed E-state index contributed by atoms with van der Waals surface area (Å²) in [7, 11) is 0. The van der Waals surface area contributed by atoms with Gasteiger partial charge in [-0.2, -0.15) is 5.21 Å². The maximum absolute atomic E-state index is 15.5. The van der Waals surface area contributed by atoms with Gasteiger partial charge < -0.3 is 15.0 Å². The molecule has 1 spiro atoms. The Balaban J connectivity index is 1.52. The molecule has 1 aliphatic heterocycles. The second-order valence-electron chi connectivity index (χ2n) is 14.3. The fourth-order valence-electron chi connectivity index (χ4n) is 6.57. The molecule has 1 atom stereocenters. The SMILES string of the molecule is C=C(C)C1CCC2(CC1)N=C(c1cc(OC(C)C)ccc1F)C(=O)N2[C@H](CCC(C)(C)C)c1ccc(C(=O)NCc2nn[nH]n2)cc1. The molecule has 0 radical (unpaired) electrons. The third-order valence-electron chi connectivity index (χ3n) is 9.07. The van der Waals surface area contributed by atoms with Gasteiger partial charge >= 0.3 is 0 Å². The van der Waals surface area contributed by atoms with Crippen molar-refractivity contribution in [3.05, 3.63) is 82.9 Å². The van der Waals surface area contributed by atoms with E-state index in [1.165, 1.54) is 6.07 Å². The molecule has 0 saturated heterocycles. The van der Waals surface area contributed by atoms with Crippen molar-refractivity contribution in [3.63, 3.8) is 0 Å². The van der Waals surface area contributed by atoms with Gasteiger partial charge in [-0.15, -0.1) is 10.2 Å². The molecule has 250 valence electrons. The van der Waals surface area contributed by atoms with Gasteiger partial charge in [-0.05, 0) is 107 Å². The maximum Gasteiger partial charge on any atom is 0.275 e. The van der Waals surface area contributed by atoms with Crippen LogP contribution in [0.5, 0.6) is 5.75 Å². The molecule has 2 heterocycles. The Bertz CT molecular complexity index is 1620. The molecule has 0 bridgehead atoms. The molecule has 11 heteroatoms. The monoisotopic (exact) mass is 643 g/mol. The number of halogens is 1. The number of amides is 2. The van der Waals surface area contributed by atoms with Crippen LogP contribution in [0, 0.1) is 17.2 Å². The highest BCUT2D eigenvalue weighted by molar-refractivity contribution is 6.47. The largest absolute Gasteiger partial charge is 0.491 e. The highest BCUT2D eigenvalue weighted by Crippen LogP contribution is 2.48. The number of H-pyrrole nitrogens is 1. The number of allylic oxidation sites excluding steroid dienone is 1. The van der Waals surface area contributed by atoms with E-state index in [1.807, 2.05) is 30.9 Å². The minimum Gasteiger partial charge on any atom is -0.491 e. The van der Waals surface area contributed by atoms with Crippen LogP contribution in [0.3, 0.4) is 0 Å². The second kappa shape index (κ2) is 13.8. The van der Waals surface area contributed by atoms with E-state index in [4.69, 9.17) is 9.73 Å². The smallest absolute Gasteiger partial charge is 0.275 e. The van der Waals surface area contributed by atoms with Crippen molar-refractivity contribution in [2.24, 2.45) is 16.3 Å². The molecular formula is C36H46FN7O3. The Kier molecular flexibility index (Phi) is 9.93. The summed E-state index contributed by atoms with van der Waals surface area (Å²) < 4.78 is 21.4. The first-order chi connectivity index (χ1) is 22.3. The summed E-state index contributed by atoms with van der Waals surface area (Å²) in [5.74, 6) is 0.134. The zero-order chi connectivity index (χ0) is 33.9. The van der Waals surface area contributed by atoms with Crippen LogP contribution in [-0.2, 0) is 11.3 Å². The lowest BCUT2D eigenvalue weighted by Gasteiger charge is -2.46. The van der Waals surface area contributed by atoms with Crippen molar-refractivity contribution in [1.29, 1.82) is 0 Å². The third-order valence-corrected chi connectivity index (χ3v) is 9.07. The van der Waals surface area contributed by atoms with E-state index < -0.39 is 11.5 Å². The molecule has 5 rings (SSSR count). The lowest BCUT2D eigenvalue weighted by Crippen LogP contribution is -2.51. The number of hydrogen-bond donors (Lipinski definition) is 2. The van der Waals surface area contributed by atoms with E-state index in [0.29, 0.717) is 42.3 Å². The topological polar surface area (TPSA) is 125 Å². The van der Waals surface area contributed by atoms with E-state index in [2.05, 4.69) is 60.2 Å². The van der Waals surface area contributed by atoms with Gasteiger partial charge in [-0.1, -0.05) is 50.3 Å². The van der Waals surface area contributed by atoms with E-state index in [9.17, 15) is 9.59 Å². The van der Waals surface area contributed by atoms with E-state index in [0.717, 1.165) is 30.4 Å². The number of aromatic nitrogens is 4. The molecule has 1 saturated carbocycles. The van der Waals surface area contributed by atoms with Crippen molar-refractivity contribution in [2.75, 3.05) is 0 Å². The number of aliphatic imine (C=N–C) groups is 1. The van der Waals surface area contributed by atoms with Crippen molar-refractivity contribution < 1.29 is 18.7 Å². The molecule has 2 amide bonds. The van der Waals surface area contributed by atoms with Gasteiger partial charge in [0.05, 0.1) is 18.7 Å². The average molecular weight is 644 g/mol. The van der Waals surface area contributed by atoms with Crippen molar-refractivity contribution in [1.82, 2.24) is 30.8 Å². The Hall–Kier alpha value is -4.41. The number of aromatic amines is 1. The van der Waals surface area contributed by atoms with Gasteiger partial charge in [0.1, 0.15) is 22.9 Å². The molecule has 3 aromatic rings. The van der Waals surface area contributed by atoms with Crippen LogP contribution in [0.4, 0.5) is 4.39 Å². The number of carbonyl (C=O) groups is 2. The number of nitrogens with one attached hydrogen (secondary N) is 2. The van der Waals surface area contributed by atoms with Crippen LogP contribution < -0.4 is 10.1 Å². The maximum atomic E-state index is 15.5. The van der Waals surface area contributed by atoms with Gasteiger partial charge in [-0.3, -0.25) is 14.6 Å². The number of hydrogen-bond acceptors (Lipinski definition) is 7. The first-order valence-electron chi connectivity index (χ1n) is 16.4. The fraction of sp³-hybridized carbons (Fsp3) is 0.500. The molecule has 47 heavy (non-hydrogen) atoms. The van der Waals surface area contributed by atoms with Crippen LogP contribution >= 0.6 is 0 Å². The number of carbonyl (C=O) groups excluding carboxylic acids is 2.